The zero-order chi connectivity index (χ0) is 15.7. The molecule has 112 valence electrons. The predicted octanol–water partition coefficient (Wildman–Crippen LogP) is 3.28. The van der Waals surface area contributed by atoms with E-state index >= 15 is 0 Å². The van der Waals surface area contributed by atoms with Crippen molar-refractivity contribution < 1.29 is 14.4 Å². The van der Waals surface area contributed by atoms with Crippen molar-refractivity contribution in [2.24, 2.45) is 7.05 Å². The number of nitro groups is 1. The standard InChI is InChI=1S/C15H13N3O4/c1-17-9-16-12-8-11(4-5-13(12)17)22-14-6-3-10(18(19)20)7-15(14)21-2/h3-9H,1-2H3. The molecule has 0 saturated heterocycles. The number of fused-ring (bicyclic) bond motifs is 1. The topological polar surface area (TPSA) is 79.4 Å². The highest BCUT2D eigenvalue weighted by Crippen LogP contribution is 2.35. The van der Waals surface area contributed by atoms with E-state index in [1.165, 1.54) is 25.3 Å². The molecule has 7 nitrogen and oxygen atoms in total. The van der Waals surface area contributed by atoms with Gasteiger partial charge in [0.1, 0.15) is 5.75 Å². The van der Waals surface area contributed by atoms with Crippen molar-refractivity contribution in [3.8, 4) is 17.2 Å². The van der Waals surface area contributed by atoms with Gasteiger partial charge in [-0.2, -0.15) is 0 Å². The number of nitrogens with zero attached hydrogens (tertiary/aromatic N) is 3. The molecule has 0 saturated carbocycles. The minimum absolute atomic E-state index is 0.0515. The van der Waals surface area contributed by atoms with Crippen molar-refractivity contribution in [1.29, 1.82) is 0 Å². The molecule has 0 amide bonds. The molecule has 1 aromatic heterocycles. The van der Waals surface area contributed by atoms with Gasteiger partial charge in [-0.25, -0.2) is 4.98 Å². The molecule has 7 heteroatoms. The minimum atomic E-state index is -0.480. The zero-order valence-electron chi connectivity index (χ0n) is 12.0. The van der Waals surface area contributed by atoms with Crippen molar-refractivity contribution in [2.75, 3.05) is 7.11 Å². The summed E-state index contributed by atoms with van der Waals surface area (Å²) < 4.78 is 12.8. The van der Waals surface area contributed by atoms with Gasteiger partial charge in [-0.05, 0) is 18.2 Å². The summed E-state index contributed by atoms with van der Waals surface area (Å²) in [7, 11) is 3.35. The third-order valence-electron chi connectivity index (χ3n) is 3.28. The maximum atomic E-state index is 10.8. The number of aryl methyl sites for hydroxylation is 1. The Morgan fingerprint density at radius 3 is 2.73 bits per heavy atom. The molecule has 2 aromatic carbocycles. The van der Waals surface area contributed by atoms with Crippen molar-refractivity contribution in [1.82, 2.24) is 9.55 Å². The normalized spacial score (nSPS) is 10.6. The second kappa shape index (κ2) is 5.36. The van der Waals surface area contributed by atoms with Crippen LogP contribution in [0.2, 0.25) is 0 Å². The summed E-state index contributed by atoms with van der Waals surface area (Å²) in [5.41, 5.74) is 1.74. The van der Waals surface area contributed by atoms with E-state index in [1.54, 1.807) is 12.4 Å². The fourth-order valence-electron chi connectivity index (χ4n) is 2.16. The Balaban J connectivity index is 1.95. The quantitative estimate of drug-likeness (QED) is 0.545. The number of non-ortho nitro benzene ring substituents is 1. The number of ether oxygens (including phenoxy) is 2. The zero-order valence-corrected chi connectivity index (χ0v) is 12.0. The highest BCUT2D eigenvalue weighted by molar-refractivity contribution is 5.77. The molecule has 0 bridgehead atoms. The number of benzene rings is 2. The molecule has 3 aromatic rings. The first-order valence-electron chi connectivity index (χ1n) is 6.50. The molecule has 0 aliphatic rings. The highest BCUT2D eigenvalue weighted by atomic mass is 16.6. The van der Waals surface area contributed by atoms with Gasteiger partial charge >= 0.3 is 0 Å². The second-order valence-corrected chi connectivity index (χ2v) is 4.70. The molecule has 0 radical (unpaired) electrons. The van der Waals surface area contributed by atoms with Crippen LogP contribution in [0.1, 0.15) is 0 Å². The Hall–Kier alpha value is -3.09. The van der Waals surface area contributed by atoms with Crippen LogP contribution in [-0.2, 0) is 7.05 Å². The molecule has 3 rings (SSSR count). The van der Waals surface area contributed by atoms with Crippen molar-refractivity contribution in [3.05, 3.63) is 52.8 Å². The monoisotopic (exact) mass is 299 g/mol. The van der Waals surface area contributed by atoms with Crippen LogP contribution in [0.25, 0.3) is 11.0 Å². The first kappa shape index (κ1) is 13.9. The van der Waals surface area contributed by atoms with E-state index in [4.69, 9.17) is 9.47 Å². The lowest BCUT2D eigenvalue weighted by atomic mass is 10.2. The van der Waals surface area contributed by atoms with E-state index in [1.807, 2.05) is 23.7 Å². The molecule has 1 heterocycles. The van der Waals surface area contributed by atoms with Crippen LogP contribution in [-0.4, -0.2) is 21.6 Å². The molecule has 0 aliphatic heterocycles. The molecule has 22 heavy (non-hydrogen) atoms. The van der Waals surface area contributed by atoms with Crippen LogP contribution < -0.4 is 9.47 Å². The third-order valence-corrected chi connectivity index (χ3v) is 3.28. The number of rotatable bonds is 4. The fourth-order valence-corrected chi connectivity index (χ4v) is 2.16. The molecule has 0 spiro atoms. The number of methoxy groups -OCH3 is 1. The van der Waals surface area contributed by atoms with Gasteiger partial charge in [0, 0.05) is 19.2 Å². The molecule has 0 aliphatic carbocycles. The number of hydrogen-bond acceptors (Lipinski definition) is 5. The van der Waals surface area contributed by atoms with Crippen molar-refractivity contribution >= 4 is 16.7 Å². The van der Waals surface area contributed by atoms with Crippen molar-refractivity contribution in [2.45, 2.75) is 0 Å². The summed E-state index contributed by atoms with van der Waals surface area (Å²) in [5, 5.41) is 10.8. The SMILES string of the molecule is COc1cc([N+](=O)[O-])ccc1Oc1ccc2c(c1)ncn2C. The van der Waals surface area contributed by atoms with Gasteiger partial charge in [-0.15, -0.1) is 0 Å². The van der Waals surface area contributed by atoms with Gasteiger partial charge in [0.25, 0.3) is 5.69 Å². The maximum absolute atomic E-state index is 10.8. The summed E-state index contributed by atoms with van der Waals surface area (Å²) in [6.07, 6.45) is 1.72. The average molecular weight is 299 g/mol. The largest absolute Gasteiger partial charge is 0.493 e. The fraction of sp³-hybridized carbons (Fsp3) is 0.133. The first-order chi connectivity index (χ1) is 10.6. The van der Waals surface area contributed by atoms with E-state index in [2.05, 4.69) is 4.98 Å². The van der Waals surface area contributed by atoms with Crippen LogP contribution in [0.15, 0.2) is 42.7 Å². The summed E-state index contributed by atoms with van der Waals surface area (Å²) in [6.45, 7) is 0. The summed E-state index contributed by atoms with van der Waals surface area (Å²) in [5.74, 6) is 1.29. The van der Waals surface area contributed by atoms with Gasteiger partial charge in [0.05, 0.1) is 35.5 Å². The van der Waals surface area contributed by atoms with Gasteiger partial charge in [0.2, 0.25) is 0 Å². The van der Waals surface area contributed by atoms with Gasteiger partial charge < -0.3 is 14.0 Å². The van der Waals surface area contributed by atoms with Crippen LogP contribution >= 0.6 is 0 Å². The molecule has 0 fully saturated rings. The van der Waals surface area contributed by atoms with E-state index in [9.17, 15) is 10.1 Å². The summed E-state index contributed by atoms with van der Waals surface area (Å²) >= 11 is 0. The Bertz CT molecular complexity index is 857. The van der Waals surface area contributed by atoms with E-state index in [-0.39, 0.29) is 5.69 Å². The van der Waals surface area contributed by atoms with Gasteiger partial charge in [0.15, 0.2) is 11.5 Å². The number of hydrogen-bond donors (Lipinski definition) is 0. The Morgan fingerprint density at radius 2 is 2.00 bits per heavy atom. The smallest absolute Gasteiger partial charge is 0.273 e. The van der Waals surface area contributed by atoms with Crippen LogP contribution in [0.3, 0.4) is 0 Å². The number of imidazole rings is 1. The lowest BCUT2D eigenvalue weighted by Crippen LogP contribution is -1.93. The van der Waals surface area contributed by atoms with E-state index in [0.717, 1.165) is 11.0 Å². The molecular weight excluding hydrogens is 286 g/mol. The summed E-state index contributed by atoms with van der Waals surface area (Å²) in [4.78, 5) is 14.6. The number of aromatic nitrogens is 2. The minimum Gasteiger partial charge on any atom is -0.493 e. The second-order valence-electron chi connectivity index (χ2n) is 4.70. The highest BCUT2D eigenvalue weighted by Gasteiger charge is 2.13. The average Bonchev–Trinajstić information content (AvgIpc) is 2.88. The predicted molar refractivity (Wildman–Crippen MR) is 80.4 cm³/mol. The first-order valence-corrected chi connectivity index (χ1v) is 6.50. The van der Waals surface area contributed by atoms with Gasteiger partial charge in [-0.1, -0.05) is 0 Å². The van der Waals surface area contributed by atoms with Gasteiger partial charge in [-0.3, -0.25) is 10.1 Å². The molecule has 0 N–H and O–H groups in total. The van der Waals surface area contributed by atoms with E-state index in [0.29, 0.717) is 17.2 Å². The maximum Gasteiger partial charge on any atom is 0.273 e. The van der Waals surface area contributed by atoms with Crippen LogP contribution in [0.4, 0.5) is 5.69 Å². The van der Waals surface area contributed by atoms with Crippen molar-refractivity contribution in [3.63, 3.8) is 0 Å². The molecule has 0 unspecified atom stereocenters. The Kier molecular flexibility index (Phi) is 3.38. The third kappa shape index (κ3) is 2.44. The lowest BCUT2D eigenvalue weighted by molar-refractivity contribution is -0.384. The Morgan fingerprint density at radius 1 is 1.18 bits per heavy atom. The lowest BCUT2D eigenvalue weighted by Gasteiger charge is -2.10. The molecule has 0 atom stereocenters. The van der Waals surface area contributed by atoms with Crippen LogP contribution in [0.5, 0.6) is 17.2 Å². The van der Waals surface area contributed by atoms with Crippen LogP contribution in [0, 0.1) is 10.1 Å². The Labute approximate surface area is 125 Å². The molecular formula is C15H13N3O4. The summed E-state index contributed by atoms with van der Waals surface area (Å²) in [6, 6.07) is 9.72. The van der Waals surface area contributed by atoms with E-state index < -0.39 is 4.92 Å². The number of nitro benzene ring substituents is 1.